The molecule has 1 aliphatic rings. The SMILES string of the molecule is CC(C)CCNC(=O)C(C)N1CC(C)(O)C1. The van der Waals surface area contributed by atoms with Crippen LogP contribution in [0.5, 0.6) is 0 Å². The van der Waals surface area contributed by atoms with E-state index in [-0.39, 0.29) is 11.9 Å². The van der Waals surface area contributed by atoms with E-state index in [0.29, 0.717) is 19.0 Å². The minimum absolute atomic E-state index is 0.0659. The van der Waals surface area contributed by atoms with E-state index in [9.17, 15) is 9.90 Å². The van der Waals surface area contributed by atoms with E-state index in [2.05, 4.69) is 19.2 Å². The maximum atomic E-state index is 11.7. The highest BCUT2D eigenvalue weighted by atomic mass is 16.3. The van der Waals surface area contributed by atoms with Crippen molar-refractivity contribution in [3.8, 4) is 0 Å². The van der Waals surface area contributed by atoms with Gasteiger partial charge in [0.05, 0.1) is 11.6 Å². The second-order valence-electron chi connectivity index (χ2n) is 5.55. The van der Waals surface area contributed by atoms with Crippen molar-refractivity contribution in [1.29, 1.82) is 0 Å². The van der Waals surface area contributed by atoms with E-state index in [1.54, 1.807) is 6.92 Å². The summed E-state index contributed by atoms with van der Waals surface area (Å²) in [4.78, 5) is 13.7. The molecule has 1 fully saturated rings. The lowest BCUT2D eigenvalue weighted by Crippen LogP contribution is -2.65. The third kappa shape index (κ3) is 3.76. The number of hydrogen-bond acceptors (Lipinski definition) is 3. The van der Waals surface area contributed by atoms with Gasteiger partial charge in [-0.15, -0.1) is 0 Å². The zero-order chi connectivity index (χ0) is 12.3. The number of rotatable bonds is 5. The highest BCUT2D eigenvalue weighted by Crippen LogP contribution is 2.22. The van der Waals surface area contributed by atoms with Gasteiger partial charge in [0.1, 0.15) is 0 Å². The molecule has 16 heavy (non-hydrogen) atoms. The van der Waals surface area contributed by atoms with Gasteiger partial charge in [-0.3, -0.25) is 9.69 Å². The van der Waals surface area contributed by atoms with Crippen LogP contribution in [0.3, 0.4) is 0 Å². The van der Waals surface area contributed by atoms with Crippen molar-refractivity contribution in [1.82, 2.24) is 10.2 Å². The van der Waals surface area contributed by atoms with E-state index in [1.807, 2.05) is 11.8 Å². The summed E-state index contributed by atoms with van der Waals surface area (Å²) in [6.45, 7) is 9.89. The van der Waals surface area contributed by atoms with Crippen LogP contribution in [-0.4, -0.2) is 47.2 Å². The normalized spacial score (nSPS) is 21.6. The first-order valence-electron chi connectivity index (χ1n) is 6.06. The van der Waals surface area contributed by atoms with Crippen LogP contribution in [0.25, 0.3) is 0 Å². The van der Waals surface area contributed by atoms with Crippen LogP contribution in [0.1, 0.15) is 34.1 Å². The van der Waals surface area contributed by atoms with Gasteiger partial charge in [0.2, 0.25) is 5.91 Å². The van der Waals surface area contributed by atoms with E-state index in [4.69, 9.17) is 0 Å². The molecule has 0 spiro atoms. The lowest BCUT2D eigenvalue weighted by Gasteiger charge is -2.46. The van der Waals surface area contributed by atoms with Gasteiger partial charge < -0.3 is 10.4 Å². The van der Waals surface area contributed by atoms with Crippen molar-refractivity contribution in [3.05, 3.63) is 0 Å². The molecule has 0 aromatic carbocycles. The molecule has 2 N–H and O–H groups in total. The summed E-state index contributed by atoms with van der Waals surface area (Å²) in [5.41, 5.74) is -0.605. The fourth-order valence-electron chi connectivity index (χ4n) is 1.90. The average molecular weight is 228 g/mol. The zero-order valence-electron chi connectivity index (χ0n) is 10.8. The van der Waals surface area contributed by atoms with Gasteiger partial charge in [0.15, 0.2) is 0 Å². The molecule has 0 aliphatic carbocycles. The first kappa shape index (κ1) is 13.5. The monoisotopic (exact) mass is 228 g/mol. The molecule has 1 saturated heterocycles. The number of nitrogens with one attached hydrogen (secondary N) is 1. The van der Waals surface area contributed by atoms with Crippen molar-refractivity contribution in [2.75, 3.05) is 19.6 Å². The molecule has 1 amide bonds. The predicted molar refractivity (Wildman–Crippen MR) is 64.1 cm³/mol. The maximum absolute atomic E-state index is 11.7. The summed E-state index contributed by atoms with van der Waals surface area (Å²) >= 11 is 0. The third-order valence-electron chi connectivity index (χ3n) is 3.04. The number of hydrogen-bond donors (Lipinski definition) is 2. The van der Waals surface area contributed by atoms with Gasteiger partial charge in [-0.1, -0.05) is 13.8 Å². The topological polar surface area (TPSA) is 52.6 Å². The Morgan fingerprint density at radius 2 is 2.00 bits per heavy atom. The highest BCUT2D eigenvalue weighted by Gasteiger charge is 2.40. The van der Waals surface area contributed by atoms with Crippen LogP contribution in [0.15, 0.2) is 0 Å². The van der Waals surface area contributed by atoms with Crippen molar-refractivity contribution in [2.24, 2.45) is 5.92 Å². The standard InChI is InChI=1S/C12H24N2O2/c1-9(2)5-6-13-11(15)10(3)14-7-12(4,16)8-14/h9-10,16H,5-8H2,1-4H3,(H,13,15). The van der Waals surface area contributed by atoms with Crippen molar-refractivity contribution in [2.45, 2.75) is 45.8 Å². The van der Waals surface area contributed by atoms with Gasteiger partial charge in [-0.25, -0.2) is 0 Å². The number of likely N-dealkylation sites (tertiary alicyclic amines) is 1. The highest BCUT2D eigenvalue weighted by molar-refractivity contribution is 5.81. The number of carbonyl (C=O) groups is 1. The molecule has 4 heteroatoms. The Balaban J connectivity index is 2.22. The van der Waals surface area contributed by atoms with Gasteiger partial charge in [-0.2, -0.15) is 0 Å². The largest absolute Gasteiger partial charge is 0.388 e. The average Bonchev–Trinajstić information content (AvgIpc) is 2.12. The summed E-state index contributed by atoms with van der Waals surface area (Å²) in [6, 6.07) is -0.132. The van der Waals surface area contributed by atoms with Crippen LogP contribution in [-0.2, 0) is 4.79 Å². The smallest absolute Gasteiger partial charge is 0.237 e. The fourth-order valence-corrected chi connectivity index (χ4v) is 1.90. The number of aliphatic hydroxyl groups is 1. The Morgan fingerprint density at radius 3 is 2.44 bits per heavy atom. The van der Waals surface area contributed by atoms with Crippen LogP contribution in [0, 0.1) is 5.92 Å². The summed E-state index contributed by atoms with van der Waals surface area (Å²) in [5, 5.41) is 12.5. The van der Waals surface area contributed by atoms with Crippen LogP contribution in [0.4, 0.5) is 0 Å². The molecule has 0 bridgehead atoms. The van der Waals surface area contributed by atoms with Gasteiger partial charge >= 0.3 is 0 Å². The molecule has 1 aliphatic heterocycles. The summed E-state index contributed by atoms with van der Waals surface area (Å²) in [6.07, 6.45) is 1.01. The second-order valence-corrected chi connectivity index (χ2v) is 5.55. The first-order valence-corrected chi connectivity index (χ1v) is 6.06. The Labute approximate surface area is 98.0 Å². The number of amides is 1. The van der Waals surface area contributed by atoms with Crippen LogP contribution < -0.4 is 5.32 Å². The van der Waals surface area contributed by atoms with Crippen LogP contribution >= 0.6 is 0 Å². The Morgan fingerprint density at radius 1 is 1.44 bits per heavy atom. The lowest BCUT2D eigenvalue weighted by atomic mass is 9.95. The second kappa shape index (κ2) is 5.15. The van der Waals surface area contributed by atoms with E-state index in [1.165, 1.54) is 0 Å². The fraction of sp³-hybridized carbons (Fsp3) is 0.917. The molecule has 94 valence electrons. The van der Waals surface area contributed by atoms with Crippen molar-refractivity contribution >= 4 is 5.91 Å². The summed E-state index contributed by atoms with van der Waals surface area (Å²) in [7, 11) is 0. The summed E-state index contributed by atoms with van der Waals surface area (Å²) < 4.78 is 0. The first-order chi connectivity index (χ1) is 7.32. The van der Waals surface area contributed by atoms with Crippen molar-refractivity contribution < 1.29 is 9.90 Å². The molecule has 0 aromatic heterocycles. The number of nitrogens with zero attached hydrogens (tertiary/aromatic N) is 1. The molecule has 0 saturated carbocycles. The quantitative estimate of drug-likeness (QED) is 0.724. The lowest BCUT2D eigenvalue weighted by molar-refractivity contribution is -0.138. The minimum atomic E-state index is -0.605. The molecule has 1 atom stereocenters. The summed E-state index contributed by atoms with van der Waals surface area (Å²) in [5.74, 6) is 0.677. The molecule has 1 rings (SSSR count). The minimum Gasteiger partial charge on any atom is -0.388 e. The molecule has 4 nitrogen and oxygen atoms in total. The van der Waals surface area contributed by atoms with Crippen molar-refractivity contribution in [3.63, 3.8) is 0 Å². The zero-order valence-corrected chi connectivity index (χ0v) is 10.8. The molecule has 0 aromatic rings. The molecular weight excluding hydrogens is 204 g/mol. The predicted octanol–water partition coefficient (Wildman–Crippen LogP) is 0.604. The molecular formula is C12H24N2O2. The van der Waals surface area contributed by atoms with E-state index < -0.39 is 5.60 Å². The van der Waals surface area contributed by atoms with Gasteiger partial charge in [0, 0.05) is 19.6 Å². The molecule has 1 heterocycles. The Bertz CT molecular complexity index is 243. The van der Waals surface area contributed by atoms with E-state index >= 15 is 0 Å². The molecule has 1 unspecified atom stereocenters. The number of β-amino-alcohol motifs (C(OH)–C–C–N with tert-alkyl or cyclic N) is 1. The Hall–Kier alpha value is -0.610. The maximum Gasteiger partial charge on any atom is 0.237 e. The number of carbonyl (C=O) groups excluding carboxylic acids is 1. The molecule has 0 radical (unpaired) electrons. The van der Waals surface area contributed by atoms with E-state index in [0.717, 1.165) is 13.0 Å². The third-order valence-corrected chi connectivity index (χ3v) is 3.04. The van der Waals surface area contributed by atoms with Crippen LogP contribution in [0.2, 0.25) is 0 Å². The van der Waals surface area contributed by atoms with Gasteiger partial charge in [0.25, 0.3) is 0 Å². The Kier molecular flexibility index (Phi) is 4.33. The van der Waals surface area contributed by atoms with Gasteiger partial charge in [-0.05, 0) is 26.2 Å².